The highest BCUT2D eigenvalue weighted by Gasteiger charge is 2.12. The van der Waals surface area contributed by atoms with Crippen molar-refractivity contribution in [1.82, 2.24) is 5.16 Å². The van der Waals surface area contributed by atoms with Gasteiger partial charge in [0.2, 0.25) is 5.91 Å². The molecular weight excluding hydrogens is 436 g/mol. The van der Waals surface area contributed by atoms with Crippen LogP contribution in [0.2, 0.25) is 0 Å². The van der Waals surface area contributed by atoms with E-state index in [1.807, 2.05) is 56.3 Å². The number of hydrogen-bond acceptors (Lipinski definition) is 5. The summed E-state index contributed by atoms with van der Waals surface area (Å²) in [6.45, 7) is 4.06. The lowest BCUT2D eigenvalue weighted by Gasteiger charge is -2.11. The Kier molecular flexibility index (Phi) is 6.72. The van der Waals surface area contributed by atoms with Gasteiger partial charge < -0.3 is 19.3 Å². The zero-order valence-electron chi connectivity index (χ0n) is 16.4. The van der Waals surface area contributed by atoms with Gasteiger partial charge in [0, 0.05) is 16.2 Å². The molecule has 7 heteroatoms. The quantitative estimate of drug-likeness (QED) is 0.488. The summed E-state index contributed by atoms with van der Waals surface area (Å²) in [4.78, 5) is 12.1. The van der Waals surface area contributed by atoms with E-state index >= 15 is 0 Å². The molecule has 1 amide bonds. The van der Waals surface area contributed by atoms with Gasteiger partial charge in [-0.15, -0.1) is 0 Å². The van der Waals surface area contributed by atoms with Crippen LogP contribution in [-0.2, 0) is 11.4 Å². The first-order chi connectivity index (χ1) is 14.0. The predicted molar refractivity (Wildman–Crippen MR) is 115 cm³/mol. The highest BCUT2D eigenvalue weighted by molar-refractivity contribution is 9.10. The van der Waals surface area contributed by atoms with Gasteiger partial charge in [-0.05, 0) is 55.8 Å². The van der Waals surface area contributed by atoms with E-state index in [0.29, 0.717) is 18.1 Å². The van der Waals surface area contributed by atoms with Gasteiger partial charge in [0.1, 0.15) is 12.4 Å². The highest BCUT2D eigenvalue weighted by atomic mass is 79.9. The number of aromatic nitrogens is 1. The Bertz CT molecular complexity index is 1020. The van der Waals surface area contributed by atoms with Crippen molar-refractivity contribution < 1.29 is 18.8 Å². The third-order valence-electron chi connectivity index (χ3n) is 4.26. The second-order valence-electron chi connectivity index (χ2n) is 6.33. The molecule has 0 aliphatic carbocycles. The molecule has 0 unspecified atom stereocenters. The SMILES string of the molecule is COc1cc(C=CC(=O)Nc2cccc(Br)c2)ccc1OCc1c(C)noc1C. The van der Waals surface area contributed by atoms with Crippen LogP contribution in [0, 0.1) is 13.8 Å². The largest absolute Gasteiger partial charge is 0.493 e. The number of benzene rings is 2. The van der Waals surface area contributed by atoms with Crippen molar-refractivity contribution in [2.24, 2.45) is 0 Å². The van der Waals surface area contributed by atoms with Crippen LogP contribution in [0.25, 0.3) is 6.08 Å². The number of amides is 1. The number of ether oxygens (including phenoxy) is 2. The van der Waals surface area contributed by atoms with E-state index in [2.05, 4.69) is 26.4 Å². The van der Waals surface area contributed by atoms with E-state index < -0.39 is 0 Å². The van der Waals surface area contributed by atoms with Crippen molar-refractivity contribution in [3.05, 3.63) is 75.6 Å². The molecule has 2 aromatic carbocycles. The Morgan fingerprint density at radius 1 is 1.21 bits per heavy atom. The third-order valence-corrected chi connectivity index (χ3v) is 4.75. The molecule has 0 aliphatic rings. The summed E-state index contributed by atoms with van der Waals surface area (Å²) in [5.74, 6) is 1.69. The number of carbonyl (C=O) groups excluding carboxylic acids is 1. The highest BCUT2D eigenvalue weighted by Crippen LogP contribution is 2.30. The number of hydrogen-bond donors (Lipinski definition) is 1. The number of aryl methyl sites for hydroxylation is 2. The number of methoxy groups -OCH3 is 1. The fraction of sp³-hybridized carbons (Fsp3) is 0.182. The molecule has 0 fully saturated rings. The van der Waals surface area contributed by atoms with Gasteiger partial charge in [0.05, 0.1) is 18.4 Å². The minimum atomic E-state index is -0.221. The Morgan fingerprint density at radius 3 is 2.72 bits per heavy atom. The summed E-state index contributed by atoms with van der Waals surface area (Å²) in [7, 11) is 1.57. The van der Waals surface area contributed by atoms with Crippen LogP contribution in [0.4, 0.5) is 5.69 Å². The average molecular weight is 457 g/mol. The minimum absolute atomic E-state index is 0.221. The molecule has 0 aliphatic heterocycles. The van der Waals surface area contributed by atoms with E-state index in [0.717, 1.165) is 32.7 Å². The lowest BCUT2D eigenvalue weighted by Crippen LogP contribution is -2.07. The summed E-state index contributed by atoms with van der Waals surface area (Å²) in [5, 5.41) is 6.74. The van der Waals surface area contributed by atoms with Crippen molar-refractivity contribution in [3.63, 3.8) is 0 Å². The van der Waals surface area contributed by atoms with Crippen molar-refractivity contribution in [2.45, 2.75) is 20.5 Å². The molecule has 3 aromatic rings. The smallest absolute Gasteiger partial charge is 0.248 e. The van der Waals surface area contributed by atoms with Crippen LogP contribution < -0.4 is 14.8 Å². The van der Waals surface area contributed by atoms with E-state index in [-0.39, 0.29) is 5.91 Å². The first-order valence-corrected chi connectivity index (χ1v) is 9.73. The maximum Gasteiger partial charge on any atom is 0.248 e. The molecule has 0 radical (unpaired) electrons. The van der Waals surface area contributed by atoms with Gasteiger partial charge in [-0.2, -0.15) is 0 Å². The maximum atomic E-state index is 12.1. The second kappa shape index (κ2) is 9.43. The molecule has 0 bridgehead atoms. The molecular formula is C22H21BrN2O4. The predicted octanol–water partition coefficient (Wildman–Crippen LogP) is 5.29. The van der Waals surface area contributed by atoms with Gasteiger partial charge in [-0.1, -0.05) is 33.2 Å². The molecule has 3 rings (SSSR count). The van der Waals surface area contributed by atoms with E-state index in [1.165, 1.54) is 6.08 Å². The van der Waals surface area contributed by atoms with Crippen molar-refractivity contribution in [1.29, 1.82) is 0 Å². The van der Waals surface area contributed by atoms with Gasteiger partial charge in [-0.3, -0.25) is 4.79 Å². The van der Waals surface area contributed by atoms with E-state index in [9.17, 15) is 4.79 Å². The zero-order valence-corrected chi connectivity index (χ0v) is 17.9. The summed E-state index contributed by atoms with van der Waals surface area (Å²) in [6, 6.07) is 12.9. The van der Waals surface area contributed by atoms with Gasteiger partial charge in [0.25, 0.3) is 0 Å². The minimum Gasteiger partial charge on any atom is -0.493 e. The fourth-order valence-corrected chi connectivity index (χ4v) is 3.09. The van der Waals surface area contributed by atoms with Crippen molar-refractivity contribution in [3.8, 4) is 11.5 Å². The topological polar surface area (TPSA) is 73.6 Å². The number of carbonyl (C=O) groups is 1. The Morgan fingerprint density at radius 2 is 2.03 bits per heavy atom. The zero-order chi connectivity index (χ0) is 20.8. The van der Waals surface area contributed by atoms with E-state index in [4.69, 9.17) is 14.0 Å². The maximum absolute atomic E-state index is 12.1. The van der Waals surface area contributed by atoms with Gasteiger partial charge in [-0.25, -0.2) is 0 Å². The molecule has 1 heterocycles. The Labute approximate surface area is 177 Å². The number of nitrogens with zero attached hydrogens (tertiary/aromatic N) is 1. The molecule has 0 saturated carbocycles. The molecule has 1 N–H and O–H groups in total. The standard InChI is InChI=1S/C22H21BrN2O4/c1-14-19(15(2)29-25-14)13-28-20-9-7-16(11-21(20)27-3)8-10-22(26)24-18-6-4-5-17(23)12-18/h4-12H,13H2,1-3H3,(H,24,26). The molecule has 29 heavy (non-hydrogen) atoms. The number of rotatable bonds is 7. The van der Waals surface area contributed by atoms with Gasteiger partial charge in [0.15, 0.2) is 11.5 Å². The monoisotopic (exact) mass is 456 g/mol. The van der Waals surface area contributed by atoms with Crippen LogP contribution in [0.1, 0.15) is 22.6 Å². The first kappa shape index (κ1) is 20.7. The second-order valence-corrected chi connectivity index (χ2v) is 7.25. The molecule has 150 valence electrons. The molecule has 0 atom stereocenters. The Balaban J connectivity index is 1.66. The van der Waals surface area contributed by atoms with E-state index in [1.54, 1.807) is 13.2 Å². The average Bonchev–Trinajstić information content (AvgIpc) is 3.02. The molecule has 0 spiro atoms. The van der Waals surface area contributed by atoms with Crippen LogP contribution in [0.15, 0.2) is 57.5 Å². The normalized spacial score (nSPS) is 10.9. The van der Waals surface area contributed by atoms with Crippen LogP contribution >= 0.6 is 15.9 Å². The number of anilines is 1. The summed E-state index contributed by atoms with van der Waals surface area (Å²) < 4.78 is 17.4. The first-order valence-electron chi connectivity index (χ1n) is 8.93. The number of nitrogens with one attached hydrogen (secondary N) is 1. The summed E-state index contributed by atoms with van der Waals surface area (Å²) in [5.41, 5.74) is 3.25. The molecule has 6 nitrogen and oxygen atoms in total. The lowest BCUT2D eigenvalue weighted by molar-refractivity contribution is -0.111. The fourth-order valence-electron chi connectivity index (χ4n) is 2.69. The molecule has 0 saturated heterocycles. The summed E-state index contributed by atoms with van der Waals surface area (Å²) in [6.07, 6.45) is 3.19. The van der Waals surface area contributed by atoms with Crippen LogP contribution in [-0.4, -0.2) is 18.2 Å². The Hall–Kier alpha value is -3.06. The molecule has 1 aromatic heterocycles. The van der Waals surface area contributed by atoms with Crippen molar-refractivity contribution >= 4 is 33.6 Å². The van der Waals surface area contributed by atoms with Crippen molar-refractivity contribution in [2.75, 3.05) is 12.4 Å². The summed E-state index contributed by atoms with van der Waals surface area (Å²) >= 11 is 3.38. The third kappa shape index (κ3) is 5.48. The van der Waals surface area contributed by atoms with Gasteiger partial charge >= 0.3 is 0 Å². The van der Waals surface area contributed by atoms with Crippen LogP contribution in [0.5, 0.6) is 11.5 Å². The number of halogens is 1. The van der Waals surface area contributed by atoms with Crippen LogP contribution in [0.3, 0.4) is 0 Å². The lowest BCUT2D eigenvalue weighted by atomic mass is 10.2.